The van der Waals surface area contributed by atoms with E-state index in [1.807, 2.05) is 19.1 Å². The van der Waals surface area contributed by atoms with Crippen LogP contribution in [0.4, 0.5) is 0 Å². The van der Waals surface area contributed by atoms with E-state index in [1.54, 1.807) is 23.4 Å². The second kappa shape index (κ2) is 8.15. The number of piperazine rings is 1. The van der Waals surface area contributed by atoms with Gasteiger partial charge in [-0.15, -0.1) is 11.3 Å². The smallest absolute Gasteiger partial charge is 0.265 e. The van der Waals surface area contributed by atoms with Crippen LogP contribution in [0.25, 0.3) is 10.6 Å². The van der Waals surface area contributed by atoms with Crippen LogP contribution in [0.5, 0.6) is 11.5 Å². The van der Waals surface area contributed by atoms with Crippen LogP contribution in [-0.2, 0) is 10.0 Å². The van der Waals surface area contributed by atoms with Gasteiger partial charge >= 0.3 is 0 Å². The second-order valence-corrected chi connectivity index (χ2v) is 10.3. The highest BCUT2D eigenvalue weighted by atomic mass is 32.2. The molecular formula is C21H20N4O5S2. The van der Waals surface area contributed by atoms with Gasteiger partial charge in [0.15, 0.2) is 11.5 Å². The number of carbonyl (C=O) groups excluding carboxylic acids is 1. The van der Waals surface area contributed by atoms with Crippen LogP contribution in [0, 0.1) is 6.92 Å². The number of hydrogen-bond donors (Lipinski definition) is 0. The molecule has 2 aliphatic heterocycles. The Morgan fingerprint density at radius 3 is 2.50 bits per heavy atom. The minimum absolute atomic E-state index is 0.0828. The molecular weight excluding hydrogens is 452 g/mol. The SMILES string of the molecule is Cc1nc(-c2ccncc2)sc1C(=O)N1CCN(S(=O)(=O)c2ccc3c(c2)OCO3)CC1. The molecule has 0 bridgehead atoms. The number of aryl methyl sites for hydroxylation is 1. The summed E-state index contributed by atoms with van der Waals surface area (Å²) < 4.78 is 38.1. The highest BCUT2D eigenvalue weighted by Crippen LogP contribution is 2.35. The molecule has 1 fully saturated rings. The van der Waals surface area contributed by atoms with Crippen molar-refractivity contribution in [2.24, 2.45) is 0 Å². The molecule has 5 rings (SSSR count). The second-order valence-electron chi connectivity index (χ2n) is 7.38. The van der Waals surface area contributed by atoms with Gasteiger partial charge in [-0.1, -0.05) is 0 Å². The zero-order chi connectivity index (χ0) is 22.3. The van der Waals surface area contributed by atoms with Gasteiger partial charge in [0.1, 0.15) is 9.88 Å². The third-order valence-electron chi connectivity index (χ3n) is 5.43. The number of fused-ring (bicyclic) bond motifs is 1. The Morgan fingerprint density at radius 1 is 1.03 bits per heavy atom. The zero-order valence-electron chi connectivity index (χ0n) is 17.2. The molecule has 4 heterocycles. The average molecular weight is 473 g/mol. The summed E-state index contributed by atoms with van der Waals surface area (Å²) in [7, 11) is -3.69. The molecule has 11 heteroatoms. The highest BCUT2D eigenvalue weighted by molar-refractivity contribution is 7.89. The molecule has 166 valence electrons. The summed E-state index contributed by atoms with van der Waals surface area (Å²) >= 11 is 1.34. The molecule has 0 spiro atoms. The van der Waals surface area contributed by atoms with Gasteiger partial charge in [-0.3, -0.25) is 9.78 Å². The fraction of sp³-hybridized carbons (Fsp3) is 0.286. The Hall–Kier alpha value is -3.02. The number of thiazole rings is 1. The van der Waals surface area contributed by atoms with E-state index in [0.29, 0.717) is 35.2 Å². The first-order chi connectivity index (χ1) is 15.4. The van der Waals surface area contributed by atoms with Crippen molar-refractivity contribution in [1.29, 1.82) is 0 Å². The lowest BCUT2D eigenvalue weighted by atomic mass is 10.3. The van der Waals surface area contributed by atoms with Gasteiger partial charge in [0.2, 0.25) is 16.8 Å². The minimum Gasteiger partial charge on any atom is -0.454 e. The molecule has 0 saturated carbocycles. The number of ether oxygens (including phenoxy) is 2. The molecule has 1 amide bonds. The van der Waals surface area contributed by atoms with E-state index in [1.165, 1.54) is 27.8 Å². The lowest BCUT2D eigenvalue weighted by Gasteiger charge is -2.33. The molecule has 2 aromatic heterocycles. The van der Waals surface area contributed by atoms with E-state index < -0.39 is 10.0 Å². The van der Waals surface area contributed by atoms with Crippen LogP contribution in [0.1, 0.15) is 15.4 Å². The van der Waals surface area contributed by atoms with Crippen molar-refractivity contribution in [2.45, 2.75) is 11.8 Å². The number of amides is 1. The minimum atomic E-state index is -3.69. The van der Waals surface area contributed by atoms with Gasteiger partial charge in [-0.2, -0.15) is 4.31 Å². The van der Waals surface area contributed by atoms with Crippen molar-refractivity contribution in [1.82, 2.24) is 19.2 Å². The van der Waals surface area contributed by atoms with Crippen molar-refractivity contribution >= 4 is 27.3 Å². The predicted octanol–water partition coefficient (Wildman–Crippen LogP) is 2.39. The van der Waals surface area contributed by atoms with Crippen LogP contribution in [-0.4, -0.2) is 66.5 Å². The molecule has 9 nitrogen and oxygen atoms in total. The maximum Gasteiger partial charge on any atom is 0.265 e. The lowest BCUT2D eigenvalue weighted by Crippen LogP contribution is -2.50. The number of nitrogens with zero attached hydrogens (tertiary/aromatic N) is 4. The van der Waals surface area contributed by atoms with Crippen molar-refractivity contribution in [3.63, 3.8) is 0 Å². The van der Waals surface area contributed by atoms with Gasteiger partial charge in [0.25, 0.3) is 5.91 Å². The normalized spacial score (nSPS) is 16.3. The summed E-state index contributed by atoms with van der Waals surface area (Å²) in [5.74, 6) is 0.830. The summed E-state index contributed by atoms with van der Waals surface area (Å²) in [5.41, 5.74) is 1.58. The number of sulfonamides is 1. The maximum atomic E-state index is 13.1. The summed E-state index contributed by atoms with van der Waals surface area (Å²) in [5, 5.41) is 0.761. The summed E-state index contributed by atoms with van der Waals surface area (Å²) in [6, 6.07) is 8.30. The third-order valence-corrected chi connectivity index (χ3v) is 8.51. The van der Waals surface area contributed by atoms with Gasteiger partial charge in [0, 0.05) is 50.2 Å². The number of rotatable bonds is 4. The molecule has 2 aliphatic rings. The lowest BCUT2D eigenvalue weighted by molar-refractivity contribution is 0.0702. The molecule has 1 aromatic carbocycles. The molecule has 1 saturated heterocycles. The molecule has 0 atom stereocenters. The first-order valence-electron chi connectivity index (χ1n) is 10.0. The molecule has 0 N–H and O–H groups in total. The maximum absolute atomic E-state index is 13.1. The molecule has 0 unspecified atom stereocenters. The van der Waals surface area contributed by atoms with Crippen molar-refractivity contribution < 1.29 is 22.7 Å². The Balaban J connectivity index is 1.29. The first-order valence-corrected chi connectivity index (χ1v) is 12.3. The Morgan fingerprint density at radius 2 is 1.75 bits per heavy atom. The zero-order valence-corrected chi connectivity index (χ0v) is 18.9. The van der Waals surface area contributed by atoms with Crippen LogP contribution < -0.4 is 9.47 Å². The number of hydrogen-bond acceptors (Lipinski definition) is 8. The number of pyridine rings is 1. The summed E-state index contributed by atoms with van der Waals surface area (Å²) in [4.78, 5) is 24.1. The van der Waals surface area contributed by atoms with Gasteiger partial charge in [0.05, 0.1) is 10.6 Å². The van der Waals surface area contributed by atoms with E-state index in [2.05, 4.69) is 9.97 Å². The van der Waals surface area contributed by atoms with Gasteiger partial charge < -0.3 is 14.4 Å². The predicted molar refractivity (Wildman–Crippen MR) is 117 cm³/mol. The highest BCUT2D eigenvalue weighted by Gasteiger charge is 2.32. The van der Waals surface area contributed by atoms with E-state index in [-0.39, 0.29) is 30.7 Å². The Bertz CT molecular complexity index is 1270. The molecule has 3 aromatic rings. The molecule has 32 heavy (non-hydrogen) atoms. The van der Waals surface area contributed by atoms with Crippen molar-refractivity contribution in [2.75, 3.05) is 33.0 Å². The fourth-order valence-corrected chi connectivity index (χ4v) is 6.15. The quantitative estimate of drug-likeness (QED) is 0.575. The first kappa shape index (κ1) is 20.9. The van der Waals surface area contributed by atoms with Crippen LogP contribution >= 0.6 is 11.3 Å². The number of carbonyl (C=O) groups is 1. The third kappa shape index (κ3) is 3.72. The Labute approximate surface area is 189 Å². The van der Waals surface area contributed by atoms with Gasteiger partial charge in [-0.05, 0) is 31.2 Å². The summed E-state index contributed by atoms with van der Waals surface area (Å²) in [6.45, 7) is 2.96. The van der Waals surface area contributed by atoms with Crippen LogP contribution in [0.2, 0.25) is 0 Å². The molecule has 0 aliphatic carbocycles. The number of aromatic nitrogens is 2. The largest absolute Gasteiger partial charge is 0.454 e. The van der Waals surface area contributed by atoms with Crippen LogP contribution in [0.3, 0.4) is 0 Å². The van der Waals surface area contributed by atoms with E-state index in [9.17, 15) is 13.2 Å². The molecule has 0 radical (unpaired) electrons. The van der Waals surface area contributed by atoms with E-state index in [0.717, 1.165) is 10.6 Å². The monoisotopic (exact) mass is 472 g/mol. The fourth-order valence-electron chi connectivity index (χ4n) is 3.67. The van der Waals surface area contributed by atoms with Crippen molar-refractivity contribution in [3.8, 4) is 22.1 Å². The van der Waals surface area contributed by atoms with Gasteiger partial charge in [-0.25, -0.2) is 13.4 Å². The van der Waals surface area contributed by atoms with E-state index >= 15 is 0 Å². The average Bonchev–Trinajstić information content (AvgIpc) is 3.45. The standard InChI is InChI=1S/C21H20N4O5S2/c1-14-19(31-20(23-14)15-4-6-22-7-5-15)21(26)24-8-10-25(11-9-24)32(27,28)16-2-3-17-18(12-16)30-13-29-17/h2-7,12H,8-11,13H2,1H3. The van der Waals surface area contributed by atoms with E-state index in [4.69, 9.17) is 9.47 Å². The summed E-state index contributed by atoms with van der Waals surface area (Å²) in [6.07, 6.45) is 3.38. The van der Waals surface area contributed by atoms with Crippen LogP contribution in [0.15, 0.2) is 47.6 Å². The topological polar surface area (TPSA) is 102 Å². The Kier molecular flexibility index (Phi) is 5.31. The number of benzene rings is 1. The van der Waals surface area contributed by atoms with Crippen molar-refractivity contribution in [3.05, 3.63) is 53.3 Å².